The smallest absolute Gasteiger partial charge is 0.221 e. The summed E-state index contributed by atoms with van der Waals surface area (Å²) in [6, 6.07) is 9.85. The van der Waals surface area contributed by atoms with E-state index >= 15 is 0 Å². The fourth-order valence-corrected chi connectivity index (χ4v) is 3.26. The van der Waals surface area contributed by atoms with Crippen LogP contribution in [0.5, 0.6) is 0 Å². The zero-order chi connectivity index (χ0) is 9.90. The minimum atomic E-state index is -2.02. The highest BCUT2D eigenvalue weighted by Crippen LogP contribution is 2.08. The van der Waals surface area contributed by atoms with Crippen molar-refractivity contribution in [3.05, 3.63) is 30.3 Å². The Morgan fingerprint density at radius 3 is 2.23 bits per heavy atom. The summed E-state index contributed by atoms with van der Waals surface area (Å²) >= 11 is 0. The minimum absolute atomic E-state index is 1.12. The first kappa shape index (κ1) is 10.4. The van der Waals surface area contributed by atoms with Gasteiger partial charge in [-0.15, -0.1) is 0 Å². The van der Waals surface area contributed by atoms with Gasteiger partial charge >= 0.3 is 0 Å². The summed E-state index contributed by atoms with van der Waals surface area (Å²) in [5.74, 6) is 0. The molecule has 0 spiro atoms. The number of halogens is 1. The SMILES string of the molecule is CC(F)O[Si](C)(C)c1ccccc1. The summed E-state index contributed by atoms with van der Waals surface area (Å²) < 4.78 is 18.0. The molecular formula is C10H15FOSi. The van der Waals surface area contributed by atoms with Crippen LogP contribution in [0.25, 0.3) is 0 Å². The Morgan fingerprint density at radius 2 is 1.77 bits per heavy atom. The van der Waals surface area contributed by atoms with Gasteiger partial charge in [0.05, 0.1) is 0 Å². The van der Waals surface area contributed by atoms with Gasteiger partial charge in [-0.2, -0.15) is 0 Å². The molecule has 1 atom stereocenters. The van der Waals surface area contributed by atoms with Crippen molar-refractivity contribution in [2.75, 3.05) is 0 Å². The Bertz CT molecular complexity index is 259. The topological polar surface area (TPSA) is 9.23 Å². The van der Waals surface area contributed by atoms with Gasteiger partial charge in [-0.05, 0) is 25.2 Å². The molecular weight excluding hydrogens is 183 g/mol. The molecule has 0 aliphatic heterocycles. The molecule has 0 saturated carbocycles. The molecule has 0 aliphatic carbocycles. The minimum Gasteiger partial charge on any atom is -0.385 e. The molecule has 1 nitrogen and oxygen atoms in total. The number of rotatable bonds is 3. The molecule has 3 heteroatoms. The second-order valence-electron chi connectivity index (χ2n) is 3.54. The Kier molecular flexibility index (Phi) is 3.22. The second-order valence-corrected chi connectivity index (χ2v) is 7.37. The molecule has 0 N–H and O–H groups in total. The van der Waals surface area contributed by atoms with Crippen molar-refractivity contribution < 1.29 is 8.82 Å². The standard InChI is InChI=1S/C10H15FOSi/c1-9(11)12-13(2,3)10-7-5-4-6-8-10/h4-9H,1-3H3. The zero-order valence-corrected chi connectivity index (χ0v) is 9.25. The molecule has 0 aliphatic rings. The van der Waals surface area contributed by atoms with Crippen LogP contribution in [0, 0.1) is 0 Å². The lowest BCUT2D eigenvalue weighted by Gasteiger charge is -2.23. The van der Waals surface area contributed by atoms with Crippen molar-refractivity contribution in [1.82, 2.24) is 0 Å². The van der Waals surface area contributed by atoms with Crippen LogP contribution in [-0.2, 0) is 4.43 Å². The number of alkyl halides is 1. The summed E-state index contributed by atoms with van der Waals surface area (Å²) in [5.41, 5.74) is 0. The van der Waals surface area contributed by atoms with E-state index in [1.165, 1.54) is 6.92 Å². The van der Waals surface area contributed by atoms with E-state index in [0.29, 0.717) is 0 Å². The van der Waals surface area contributed by atoms with E-state index < -0.39 is 14.7 Å². The summed E-state index contributed by atoms with van der Waals surface area (Å²) in [5, 5.41) is 1.12. The zero-order valence-electron chi connectivity index (χ0n) is 8.25. The van der Waals surface area contributed by atoms with E-state index in [1.54, 1.807) is 0 Å². The van der Waals surface area contributed by atoms with Gasteiger partial charge in [0.2, 0.25) is 8.32 Å². The van der Waals surface area contributed by atoms with Gasteiger partial charge in [0.15, 0.2) is 6.36 Å². The monoisotopic (exact) mass is 198 g/mol. The maximum Gasteiger partial charge on any atom is 0.221 e. The van der Waals surface area contributed by atoms with Gasteiger partial charge in [0.1, 0.15) is 0 Å². The molecule has 13 heavy (non-hydrogen) atoms. The van der Waals surface area contributed by atoms with Crippen LogP contribution >= 0.6 is 0 Å². The van der Waals surface area contributed by atoms with Gasteiger partial charge in [-0.25, -0.2) is 4.39 Å². The highest BCUT2D eigenvalue weighted by molar-refractivity contribution is 6.84. The van der Waals surface area contributed by atoms with E-state index in [9.17, 15) is 4.39 Å². The van der Waals surface area contributed by atoms with E-state index in [4.69, 9.17) is 4.43 Å². The Hall–Kier alpha value is -0.673. The molecule has 72 valence electrons. The maximum atomic E-state index is 12.7. The van der Waals surface area contributed by atoms with Gasteiger partial charge < -0.3 is 4.43 Å². The Labute approximate surface area is 79.7 Å². The van der Waals surface area contributed by atoms with E-state index in [-0.39, 0.29) is 0 Å². The lowest BCUT2D eigenvalue weighted by atomic mass is 10.4. The molecule has 1 aromatic rings. The van der Waals surface area contributed by atoms with Crippen molar-refractivity contribution in [1.29, 1.82) is 0 Å². The van der Waals surface area contributed by atoms with Crippen LogP contribution < -0.4 is 5.19 Å². The van der Waals surface area contributed by atoms with Crippen molar-refractivity contribution in [3.63, 3.8) is 0 Å². The first-order valence-corrected chi connectivity index (χ1v) is 7.30. The number of hydrogen-bond donors (Lipinski definition) is 0. The molecule has 0 radical (unpaired) electrons. The molecule has 1 rings (SSSR count). The van der Waals surface area contributed by atoms with Crippen LogP contribution in [0.1, 0.15) is 6.92 Å². The van der Waals surface area contributed by atoms with Crippen LogP contribution in [0.2, 0.25) is 13.1 Å². The molecule has 1 unspecified atom stereocenters. The van der Waals surface area contributed by atoms with Gasteiger partial charge in [0, 0.05) is 0 Å². The normalized spacial score (nSPS) is 14.2. The largest absolute Gasteiger partial charge is 0.385 e. The van der Waals surface area contributed by atoms with Crippen molar-refractivity contribution in [2.45, 2.75) is 26.4 Å². The second kappa shape index (κ2) is 4.02. The predicted octanol–water partition coefficient (Wildman–Crippen LogP) is 2.43. The van der Waals surface area contributed by atoms with Gasteiger partial charge in [0.25, 0.3) is 0 Å². The number of hydrogen-bond acceptors (Lipinski definition) is 1. The molecule has 0 bridgehead atoms. The molecule has 0 amide bonds. The summed E-state index contributed by atoms with van der Waals surface area (Å²) in [6.07, 6.45) is -1.18. The quantitative estimate of drug-likeness (QED) is 0.678. The lowest BCUT2D eigenvalue weighted by molar-refractivity contribution is 0.0807. The Balaban J connectivity index is 2.81. The lowest BCUT2D eigenvalue weighted by Crippen LogP contribution is -2.46. The summed E-state index contributed by atoms with van der Waals surface area (Å²) in [4.78, 5) is 0. The van der Waals surface area contributed by atoms with E-state index in [1.807, 2.05) is 43.4 Å². The van der Waals surface area contributed by atoms with Crippen LogP contribution in [0.15, 0.2) is 30.3 Å². The van der Waals surface area contributed by atoms with Gasteiger partial charge in [-0.3, -0.25) is 0 Å². The highest BCUT2D eigenvalue weighted by Gasteiger charge is 2.27. The third-order valence-electron chi connectivity index (χ3n) is 1.93. The van der Waals surface area contributed by atoms with Crippen molar-refractivity contribution in [3.8, 4) is 0 Å². The summed E-state index contributed by atoms with van der Waals surface area (Å²) in [6.45, 7) is 5.43. The van der Waals surface area contributed by atoms with Crippen molar-refractivity contribution in [2.24, 2.45) is 0 Å². The fourth-order valence-electron chi connectivity index (χ4n) is 1.31. The van der Waals surface area contributed by atoms with E-state index in [0.717, 1.165) is 5.19 Å². The van der Waals surface area contributed by atoms with Crippen molar-refractivity contribution >= 4 is 13.5 Å². The molecule has 0 saturated heterocycles. The molecule has 1 aromatic carbocycles. The van der Waals surface area contributed by atoms with Crippen LogP contribution in [-0.4, -0.2) is 14.7 Å². The third-order valence-corrected chi connectivity index (χ3v) is 4.56. The first-order valence-electron chi connectivity index (χ1n) is 4.40. The molecule has 0 fully saturated rings. The number of benzene rings is 1. The molecule has 0 aromatic heterocycles. The Morgan fingerprint density at radius 1 is 1.23 bits per heavy atom. The average Bonchev–Trinajstić information content (AvgIpc) is 2.04. The fraction of sp³-hybridized carbons (Fsp3) is 0.400. The van der Waals surface area contributed by atoms with Gasteiger partial charge in [-0.1, -0.05) is 30.3 Å². The highest BCUT2D eigenvalue weighted by atomic mass is 28.4. The summed E-state index contributed by atoms with van der Waals surface area (Å²) in [7, 11) is -2.02. The van der Waals surface area contributed by atoms with Crippen LogP contribution in [0.4, 0.5) is 4.39 Å². The molecule has 0 heterocycles. The third kappa shape index (κ3) is 2.93. The average molecular weight is 198 g/mol. The maximum absolute atomic E-state index is 12.7. The van der Waals surface area contributed by atoms with Crippen LogP contribution in [0.3, 0.4) is 0 Å². The predicted molar refractivity (Wildman–Crippen MR) is 55.2 cm³/mol. The van der Waals surface area contributed by atoms with E-state index in [2.05, 4.69) is 0 Å². The first-order chi connectivity index (χ1) is 6.02.